The van der Waals surface area contributed by atoms with Crippen LogP contribution < -0.4 is 10.1 Å². The lowest BCUT2D eigenvalue weighted by molar-refractivity contribution is -0.119. The van der Waals surface area contributed by atoms with Crippen molar-refractivity contribution in [3.63, 3.8) is 0 Å². The summed E-state index contributed by atoms with van der Waals surface area (Å²) in [5, 5.41) is 3.23. The fourth-order valence-corrected chi connectivity index (χ4v) is 2.68. The number of rotatable bonds is 5. The van der Waals surface area contributed by atoms with Crippen molar-refractivity contribution in [1.29, 1.82) is 0 Å². The summed E-state index contributed by atoms with van der Waals surface area (Å²) < 4.78 is 5.14. The number of nitrogens with zero attached hydrogens (tertiary/aromatic N) is 3. The number of methoxy groups -OCH3 is 1. The molecule has 7 nitrogen and oxygen atoms in total. The molecule has 1 aliphatic rings. The number of anilines is 2. The van der Waals surface area contributed by atoms with Crippen LogP contribution in [0.1, 0.15) is 10.4 Å². The van der Waals surface area contributed by atoms with Gasteiger partial charge in [-0.05, 0) is 30.3 Å². The van der Waals surface area contributed by atoms with Crippen molar-refractivity contribution in [3.8, 4) is 5.75 Å². The quantitative estimate of drug-likeness (QED) is 0.840. The number of hydrogen-bond donors (Lipinski definition) is 1. The van der Waals surface area contributed by atoms with Crippen molar-refractivity contribution in [2.45, 2.75) is 0 Å². The zero-order chi connectivity index (χ0) is 17.6. The van der Waals surface area contributed by atoms with E-state index >= 15 is 0 Å². The van der Waals surface area contributed by atoms with E-state index in [1.807, 2.05) is 24.3 Å². The number of pyridine rings is 1. The molecule has 0 spiro atoms. The zero-order valence-electron chi connectivity index (χ0n) is 14.0. The van der Waals surface area contributed by atoms with Gasteiger partial charge in [0, 0.05) is 38.1 Å². The number of nitrogens with one attached hydrogen (secondary N) is 1. The van der Waals surface area contributed by atoms with Gasteiger partial charge >= 0.3 is 0 Å². The van der Waals surface area contributed by atoms with Gasteiger partial charge in [-0.2, -0.15) is 0 Å². The molecular weight excluding hydrogens is 320 g/mol. The minimum Gasteiger partial charge on any atom is -0.497 e. The summed E-state index contributed by atoms with van der Waals surface area (Å²) in [5.74, 6) is 0.707. The van der Waals surface area contributed by atoms with E-state index in [9.17, 15) is 9.59 Å². The van der Waals surface area contributed by atoms with E-state index in [1.165, 1.54) is 0 Å². The summed E-state index contributed by atoms with van der Waals surface area (Å²) >= 11 is 0. The molecule has 0 bridgehead atoms. The van der Waals surface area contributed by atoms with Crippen LogP contribution in [0.5, 0.6) is 5.75 Å². The molecule has 1 aliphatic heterocycles. The third-order valence-electron chi connectivity index (χ3n) is 4.11. The minimum atomic E-state index is -0.0728. The topological polar surface area (TPSA) is 74.8 Å². The molecule has 1 saturated heterocycles. The highest BCUT2D eigenvalue weighted by molar-refractivity contribution is 5.95. The van der Waals surface area contributed by atoms with E-state index in [4.69, 9.17) is 4.74 Å². The first-order valence-corrected chi connectivity index (χ1v) is 8.04. The largest absolute Gasteiger partial charge is 0.497 e. The summed E-state index contributed by atoms with van der Waals surface area (Å²) in [4.78, 5) is 31.0. The molecule has 2 amide bonds. The third kappa shape index (κ3) is 4.06. The highest BCUT2D eigenvalue weighted by Crippen LogP contribution is 2.20. The van der Waals surface area contributed by atoms with Gasteiger partial charge in [-0.15, -0.1) is 0 Å². The van der Waals surface area contributed by atoms with Crippen molar-refractivity contribution in [2.24, 2.45) is 0 Å². The Morgan fingerprint density at radius 1 is 1.12 bits per heavy atom. The standard InChI is InChI=1S/C18H20N4O3/c1-25-17-4-2-15(3-5-17)20-16-10-14(11-19-12-16)18(24)22-8-6-21(13-23)7-9-22/h2-5,10-13,20H,6-9H2,1H3. The highest BCUT2D eigenvalue weighted by atomic mass is 16.5. The Balaban J connectivity index is 1.68. The second-order valence-electron chi connectivity index (χ2n) is 5.75. The molecule has 130 valence electrons. The Labute approximate surface area is 146 Å². The number of hydrogen-bond acceptors (Lipinski definition) is 5. The average Bonchev–Trinajstić information content (AvgIpc) is 2.68. The molecule has 0 atom stereocenters. The van der Waals surface area contributed by atoms with Crippen LogP contribution in [-0.2, 0) is 4.79 Å². The third-order valence-corrected chi connectivity index (χ3v) is 4.11. The predicted octanol–water partition coefficient (Wildman–Crippen LogP) is 1.75. The van der Waals surface area contributed by atoms with Crippen LogP contribution in [0.4, 0.5) is 11.4 Å². The summed E-state index contributed by atoms with van der Waals surface area (Å²) in [5.41, 5.74) is 2.15. The molecule has 2 heterocycles. The summed E-state index contributed by atoms with van der Waals surface area (Å²) in [6.07, 6.45) is 4.06. The van der Waals surface area contributed by atoms with Gasteiger partial charge in [-0.1, -0.05) is 0 Å². The second kappa shape index (κ2) is 7.65. The van der Waals surface area contributed by atoms with Crippen molar-refractivity contribution < 1.29 is 14.3 Å². The lowest BCUT2D eigenvalue weighted by Gasteiger charge is -2.32. The summed E-state index contributed by atoms with van der Waals surface area (Å²) in [6.45, 7) is 2.19. The van der Waals surface area contributed by atoms with E-state index in [-0.39, 0.29) is 5.91 Å². The molecule has 25 heavy (non-hydrogen) atoms. The van der Waals surface area contributed by atoms with Gasteiger partial charge in [0.2, 0.25) is 6.41 Å². The van der Waals surface area contributed by atoms with Crippen LogP contribution >= 0.6 is 0 Å². The van der Waals surface area contributed by atoms with E-state index in [2.05, 4.69) is 10.3 Å². The normalized spacial score (nSPS) is 14.1. The molecule has 2 aromatic rings. The number of carbonyl (C=O) groups is 2. The van der Waals surface area contributed by atoms with Gasteiger partial charge in [0.15, 0.2) is 0 Å². The van der Waals surface area contributed by atoms with Gasteiger partial charge in [-0.3, -0.25) is 14.6 Å². The number of amides is 2. The maximum absolute atomic E-state index is 12.6. The van der Waals surface area contributed by atoms with Gasteiger partial charge in [0.05, 0.1) is 24.6 Å². The fraction of sp³-hybridized carbons (Fsp3) is 0.278. The molecule has 3 rings (SSSR count). The van der Waals surface area contributed by atoms with Gasteiger partial charge in [0.25, 0.3) is 5.91 Å². The average molecular weight is 340 g/mol. The van der Waals surface area contributed by atoms with Crippen LogP contribution in [0, 0.1) is 0 Å². The van der Waals surface area contributed by atoms with Crippen LogP contribution in [0.3, 0.4) is 0 Å². The first-order chi connectivity index (χ1) is 12.2. The Bertz CT molecular complexity index is 740. The molecule has 0 unspecified atom stereocenters. The maximum atomic E-state index is 12.6. The van der Waals surface area contributed by atoms with Crippen molar-refractivity contribution in [3.05, 3.63) is 48.3 Å². The SMILES string of the molecule is COc1ccc(Nc2cncc(C(=O)N3CCN(C=O)CC3)c2)cc1. The molecule has 1 aromatic carbocycles. The lowest BCUT2D eigenvalue weighted by Crippen LogP contribution is -2.48. The van der Waals surface area contributed by atoms with Gasteiger partial charge in [-0.25, -0.2) is 0 Å². The van der Waals surface area contributed by atoms with E-state index < -0.39 is 0 Å². The maximum Gasteiger partial charge on any atom is 0.255 e. The monoisotopic (exact) mass is 340 g/mol. The van der Waals surface area contributed by atoms with Crippen molar-refractivity contribution in [2.75, 3.05) is 38.6 Å². The lowest BCUT2D eigenvalue weighted by atomic mass is 10.2. The molecular formula is C18H20N4O3. The van der Waals surface area contributed by atoms with Gasteiger partial charge in [0.1, 0.15) is 5.75 Å². The number of aromatic nitrogens is 1. The van der Waals surface area contributed by atoms with Crippen LogP contribution in [-0.4, -0.2) is 60.4 Å². The Morgan fingerprint density at radius 3 is 2.48 bits per heavy atom. The zero-order valence-corrected chi connectivity index (χ0v) is 14.0. The fourth-order valence-electron chi connectivity index (χ4n) is 2.68. The Morgan fingerprint density at radius 2 is 1.84 bits per heavy atom. The summed E-state index contributed by atoms with van der Waals surface area (Å²) in [7, 11) is 1.62. The van der Waals surface area contributed by atoms with Crippen LogP contribution in [0.2, 0.25) is 0 Å². The van der Waals surface area contributed by atoms with Crippen LogP contribution in [0.15, 0.2) is 42.7 Å². The molecule has 0 saturated carbocycles. The first kappa shape index (κ1) is 16.8. The first-order valence-electron chi connectivity index (χ1n) is 8.04. The number of piperazine rings is 1. The van der Waals surface area contributed by atoms with Crippen molar-refractivity contribution >= 4 is 23.7 Å². The molecule has 0 aliphatic carbocycles. The molecule has 1 N–H and O–H groups in total. The van der Waals surface area contributed by atoms with E-state index in [0.29, 0.717) is 31.7 Å². The van der Waals surface area contributed by atoms with Crippen molar-refractivity contribution in [1.82, 2.24) is 14.8 Å². The van der Waals surface area contributed by atoms with E-state index in [0.717, 1.165) is 23.5 Å². The number of ether oxygens (including phenoxy) is 1. The summed E-state index contributed by atoms with van der Waals surface area (Å²) in [6, 6.07) is 9.29. The molecule has 1 fully saturated rings. The molecule has 1 aromatic heterocycles. The van der Waals surface area contributed by atoms with E-state index in [1.54, 1.807) is 35.4 Å². The predicted molar refractivity (Wildman–Crippen MR) is 94.1 cm³/mol. The molecule has 0 radical (unpaired) electrons. The van der Waals surface area contributed by atoms with Crippen LogP contribution in [0.25, 0.3) is 0 Å². The number of carbonyl (C=O) groups excluding carboxylic acids is 2. The van der Waals surface area contributed by atoms with Gasteiger partial charge < -0.3 is 19.9 Å². The smallest absolute Gasteiger partial charge is 0.255 e. The Kier molecular flexibility index (Phi) is 5.13. The number of benzene rings is 1. The highest BCUT2D eigenvalue weighted by Gasteiger charge is 2.21. The second-order valence-corrected chi connectivity index (χ2v) is 5.75. The minimum absolute atomic E-state index is 0.0728. The molecule has 7 heteroatoms. The Hall–Kier alpha value is -3.09.